The molecule has 2 aliphatic rings. The largest absolute Gasteiger partial charge is 0.507 e. The number of aliphatic hydroxyl groups is 1. The van der Waals surface area contributed by atoms with E-state index in [1.807, 2.05) is 49.3 Å². The molecule has 5 rings (SSSR count). The fraction of sp³-hybridized carbons (Fsp3) is 0.214. The number of rotatable bonds is 6. The van der Waals surface area contributed by atoms with Crippen molar-refractivity contribution in [3.63, 3.8) is 0 Å². The number of likely N-dealkylation sites (tertiary alicyclic amines) is 1. The Morgan fingerprint density at radius 1 is 1.05 bits per heavy atom. The lowest BCUT2D eigenvalue weighted by Crippen LogP contribution is -2.29. The number of Topliss-reactive ketones (excluding diaryl/α,β-unsaturated/α-hetero) is 1. The Balaban J connectivity index is 1.64. The lowest BCUT2D eigenvalue weighted by molar-refractivity contribution is -0.140. The molecule has 0 bridgehead atoms. The van der Waals surface area contributed by atoms with E-state index in [0.717, 1.165) is 11.3 Å². The zero-order valence-electron chi connectivity index (χ0n) is 20.5. The second-order valence-electron chi connectivity index (χ2n) is 8.95. The van der Waals surface area contributed by atoms with E-state index in [2.05, 4.69) is 0 Å². The Kier molecular flexibility index (Phi) is 6.43. The predicted molar refractivity (Wildman–Crippen MR) is 139 cm³/mol. The maximum Gasteiger partial charge on any atom is 0.295 e. The molecule has 1 N–H and O–H groups in total. The third-order valence-corrected chi connectivity index (χ3v) is 6.71. The van der Waals surface area contributed by atoms with Gasteiger partial charge in [0.2, 0.25) is 6.79 Å². The highest BCUT2D eigenvalue weighted by Gasteiger charge is 2.46. The molecule has 0 radical (unpaired) electrons. The monoisotopic (exact) mass is 520 g/mol. The summed E-state index contributed by atoms with van der Waals surface area (Å²) in [6.07, 6.45) is 0. The number of carbonyl (C=O) groups is 2. The minimum absolute atomic E-state index is 0.0380. The standard InChI is InChI=1S/C28H25ClN2O6/c1-30(2)19-8-5-17(6-9-19)25-24(26(32)20-13-18(29)7-11-21(20)35-3)27(33)28(34)31(25)14-16-4-10-22-23(12-16)37-15-36-22/h4-13,25,32H,14-15H2,1-3H3/b26-24+. The van der Waals surface area contributed by atoms with Gasteiger partial charge in [-0.25, -0.2) is 0 Å². The SMILES string of the molecule is COc1ccc(Cl)cc1/C(O)=C1\C(=O)C(=O)N(Cc2ccc3c(c2)OCO3)C1c1ccc(N(C)C)cc1. The Labute approximate surface area is 219 Å². The third kappa shape index (κ3) is 4.44. The number of ketones is 1. The Bertz CT molecular complexity index is 1420. The van der Waals surface area contributed by atoms with Crippen LogP contribution in [-0.4, -0.2) is 49.7 Å². The zero-order valence-corrected chi connectivity index (χ0v) is 21.3. The van der Waals surface area contributed by atoms with Gasteiger partial charge in [0.15, 0.2) is 11.5 Å². The smallest absolute Gasteiger partial charge is 0.295 e. The number of fused-ring (bicyclic) bond motifs is 1. The van der Waals surface area contributed by atoms with Crippen molar-refractivity contribution in [3.05, 3.63) is 87.9 Å². The molecule has 190 valence electrons. The van der Waals surface area contributed by atoms with Gasteiger partial charge in [-0.15, -0.1) is 0 Å². The first kappa shape index (κ1) is 24.5. The third-order valence-electron chi connectivity index (χ3n) is 6.47. The van der Waals surface area contributed by atoms with E-state index in [1.165, 1.54) is 18.1 Å². The molecule has 2 aliphatic heterocycles. The molecule has 3 aromatic rings. The summed E-state index contributed by atoms with van der Waals surface area (Å²) in [7, 11) is 5.30. The van der Waals surface area contributed by atoms with Gasteiger partial charge < -0.3 is 29.1 Å². The maximum atomic E-state index is 13.4. The molecular weight excluding hydrogens is 496 g/mol. The van der Waals surface area contributed by atoms with E-state index >= 15 is 0 Å². The van der Waals surface area contributed by atoms with Gasteiger partial charge in [-0.3, -0.25) is 9.59 Å². The number of methoxy groups -OCH3 is 1. The first-order valence-corrected chi connectivity index (χ1v) is 11.9. The minimum atomic E-state index is -0.842. The first-order chi connectivity index (χ1) is 17.8. The van der Waals surface area contributed by atoms with Gasteiger partial charge in [-0.2, -0.15) is 0 Å². The highest BCUT2D eigenvalue weighted by atomic mass is 35.5. The van der Waals surface area contributed by atoms with Crippen LogP contribution in [0, 0.1) is 0 Å². The summed E-state index contributed by atoms with van der Waals surface area (Å²) >= 11 is 6.19. The minimum Gasteiger partial charge on any atom is -0.507 e. The van der Waals surface area contributed by atoms with Crippen molar-refractivity contribution >= 4 is 34.7 Å². The molecule has 1 unspecified atom stereocenters. The molecule has 1 amide bonds. The van der Waals surface area contributed by atoms with Crippen LogP contribution in [0.1, 0.15) is 22.7 Å². The fourth-order valence-corrected chi connectivity index (χ4v) is 4.76. The van der Waals surface area contributed by atoms with E-state index < -0.39 is 17.7 Å². The quantitative estimate of drug-likeness (QED) is 0.284. The lowest BCUT2D eigenvalue weighted by atomic mass is 9.94. The number of ether oxygens (including phenoxy) is 3. The highest BCUT2D eigenvalue weighted by Crippen LogP contribution is 2.43. The second kappa shape index (κ2) is 9.71. The number of hydrogen-bond donors (Lipinski definition) is 1. The van der Waals surface area contributed by atoms with Crippen LogP contribution in [-0.2, 0) is 16.1 Å². The van der Waals surface area contributed by atoms with E-state index in [9.17, 15) is 14.7 Å². The van der Waals surface area contributed by atoms with Crippen LogP contribution in [0.5, 0.6) is 17.2 Å². The molecule has 37 heavy (non-hydrogen) atoms. The summed E-state index contributed by atoms with van der Waals surface area (Å²) in [5, 5.41) is 11.8. The van der Waals surface area contributed by atoms with Crippen molar-refractivity contribution in [3.8, 4) is 17.2 Å². The molecule has 3 aromatic carbocycles. The molecule has 9 heteroatoms. The van der Waals surface area contributed by atoms with Crippen LogP contribution in [0.4, 0.5) is 5.69 Å². The summed E-state index contributed by atoms with van der Waals surface area (Å²) in [5.41, 5.74) is 2.57. The van der Waals surface area contributed by atoms with E-state index in [0.29, 0.717) is 27.8 Å². The lowest BCUT2D eigenvalue weighted by Gasteiger charge is -2.26. The van der Waals surface area contributed by atoms with Crippen LogP contribution < -0.4 is 19.1 Å². The van der Waals surface area contributed by atoms with Crippen molar-refractivity contribution in [2.24, 2.45) is 0 Å². The van der Waals surface area contributed by atoms with Crippen molar-refractivity contribution < 1.29 is 28.9 Å². The number of anilines is 1. The number of amides is 1. The number of aliphatic hydroxyl groups excluding tert-OH is 1. The first-order valence-electron chi connectivity index (χ1n) is 11.6. The summed E-state index contributed by atoms with van der Waals surface area (Å²) in [5.74, 6) is -0.346. The molecule has 1 fully saturated rings. The molecule has 0 aliphatic carbocycles. The van der Waals surface area contributed by atoms with Crippen LogP contribution in [0.3, 0.4) is 0 Å². The average molecular weight is 521 g/mol. The van der Waals surface area contributed by atoms with Gasteiger partial charge in [0.1, 0.15) is 11.5 Å². The van der Waals surface area contributed by atoms with Gasteiger partial charge in [-0.05, 0) is 53.6 Å². The Morgan fingerprint density at radius 3 is 2.49 bits per heavy atom. The number of benzene rings is 3. The van der Waals surface area contributed by atoms with Crippen molar-refractivity contribution in [1.82, 2.24) is 4.90 Å². The van der Waals surface area contributed by atoms with Crippen molar-refractivity contribution in [2.75, 3.05) is 32.9 Å². The molecule has 0 saturated carbocycles. The van der Waals surface area contributed by atoms with E-state index in [1.54, 1.807) is 24.3 Å². The second-order valence-corrected chi connectivity index (χ2v) is 9.38. The van der Waals surface area contributed by atoms with Gasteiger partial charge >= 0.3 is 0 Å². The normalized spacial score (nSPS) is 17.8. The van der Waals surface area contributed by atoms with E-state index in [4.69, 9.17) is 25.8 Å². The molecule has 0 aromatic heterocycles. The Hall–Kier alpha value is -4.17. The topological polar surface area (TPSA) is 88.5 Å². The van der Waals surface area contributed by atoms with Gasteiger partial charge in [0.05, 0.1) is 24.3 Å². The number of nitrogens with zero attached hydrogens (tertiary/aromatic N) is 2. The highest BCUT2D eigenvalue weighted by molar-refractivity contribution is 6.46. The Morgan fingerprint density at radius 2 is 1.78 bits per heavy atom. The maximum absolute atomic E-state index is 13.4. The van der Waals surface area contributed by atoms with Gasteiger partial charge in [0, 0.05) is 31.4 Å². The van der Waals surface area contributed by atoms with Gasteiger partial charge in [-0.1, -0.05) is 29.8 Å². The van der Waals surface area contributed by atoms with Crippen LogP contribution in [0.2, 0.25) is 5.02 Å². The summed E-state index contributed by atoms with van der Waals surface area (Å²) < 4.78 is 16.3. The molecule has 2 heterocycles. The fourth-order valence-electron chi connectivity index (χ4n) is 4.59. The average Bonchev–Trinajstić information content (AvgIpc) is 3.46. The molecule has 1 atom stereocenters. The molecule has 8 nitrogen and oxygen atoms in total. The van der Waals surface area contributed by atoms with Gasteiger partial charge in [0.25, 0.3) is 11.7 Å². The molecule has 1 saturated heterocycles. The number of carbonyl (C=O) groups excluding carboxylic acids is 2. The zero-order chi connectivity index (χ0) is 26.3. The predicted octanol–water partition coefficient (Wildman–Crippen LogP) is 4.77. The van der Waals surface area contributed by atoms with Crippen molar-refractivity contribution in [2.45, 2.75) is 12.6 Å². The summed E-state index contributed by atoms with van der Waals surface area (Å²) in [6, 6.07) is 16.7. The number of hydrogen-bond acceptors (Lipinski definition) is 7. The van der Waals surface area contributed by atoms with Crippen LogP contribution >= 0.6 is 11.6 Å². The summed E-state index contributed by atoms with van der Waals surface area (Å²) in [4.78, 5) is 30.2. The number of halogens is 1. The van der Waals surface area contributed by atoms with Crippen LogP contribution in [0.15, 0.2) is 66.2 Å². The van der Waals surface area contributed by atoms with Crippen LogP contribution in [0.25, 0.3) is 5.76 Å². The molecular formula is C28H25ClN2O6. The van der Waals surface area contributed by atoms with E-state index in [-0.39, 0.29) is 30.2 Å². The molecule has 0 spiro atoms. The summed E-state index contributed by atoms with van der Waals surface area (Å²) in [6.45, 7) is 0.244. The van der Waals surface area contributed by atoms with Crippen molar-refractivity contribution in [1.29, 1.82) is 0 Å².